The van der Waals surface area contributed by atoms with E-state index >= 15 is 0 Å². The first-order valence-corrected chi connectivity index (χ1v) is 11.4. The Morgan fingerprint density at radius 1 is 1.00 bits per heavy atom. The Bertz CT molecular complexity index is 1100. The van der Waals surface area contributed by atoms with Gasteiger partial charge in [0.1, 0.15) is 5.75 Å². The molecule has 0 aromatic heterocycles. The Hall–Kier alpha value is -3.05. The van der Waals surface area contributed by atoms with Gasteiger partial charge in [-0.05, 0) is 72.6 Å². The predicted octanol–water partition coefficient (Wildman–Crippen LogP) is 5.04. The molecule has 0 bridgehead atoms. The summed E-state index contributed by atoms with van der Waals surface area (Å²) >= 11 is 0. The predicted molar refractivity (Wildman–Crippen MR) is 133 cm³/mol. The van der Waals surface area contributed by atoms with Gasteiger partial charge < -0.3 is 19.9 Å². The minimum absolute atomic E-state index is 0.00488. The number of carbonyl (C=O) groups excluding carboxylic acids is 1. The molecule has 168 valence electrons. The van der Waals surface area contributed by atoms with Crippen LogP contribution in [0.25, 0.3) is 10.8 Å². The second kappa shape index (κ2) is 9.61. The second-order valence-corrected chi connectivity index (χ2v) is 8.60. The minimum Gasteiger partial charge on any atom is -0.497 e. The average Bonchev–Trinajstić information content (AvgIpc) is 2.84. The molecule has 1 amide bonds. The van der Waals surface area contributed by atoms with Crippen LogP contribution in [0.4, 0.5) is 11.4 Å². The number of hydrogen-bond acceptors (Lipinski definition) is 4. The molecule has 3 aromatic carbocycles. The highest BCUT2D eigenvalue weighted by atomic mass is 16.5. The molecule has 0 radical (unpaired) electrons. The summed E-state index contributed by atoms with van der Waals surface area (Å²) in [5.74, 6) is 0.593. The molecular formula is C27H33N3O2. The molecule has 1 heterocycles. The number of aryl methyl sites for hydroxylation is 1. The van der Waals surface area contributed by atoms with Crippen LogP contribution in [0.15, 0.2) is 54.6 Å². The largest absolute Gasteiger partial charge is 0.497 e. The van der Waals surface area contributed by atoms with Crippen molar-refractivity contribution in [1.82, 2.24) is 4.90 Å². The standard InChI is InChI=1S/C27H33N3O2/c1-5-29-12-14-30(15-13-29)24-9-11-26(19(2)16-24)28-27(31)20(3)21-6-7-23-18-25(32-4)10-8-22(23)17-21/h6-11,16-18,20H,5,12-15H2,1-4H3,(H,28,31). The highest BCUT2D eigenvalue weighted by molar-refractivity contribution is 5.97. The van der Waals surface area contributed by atoms with Gasteiger partial charge >= 0.3 is 0 Å². The lowest BCUT2D eigenvalue weighted by Crippen LogP contribution is -2.46. The van der Waals surface area contributed by atoms with Gasteiger partial charge in [0, 0.05) is 37.6 Å². The number of rotatable bonds is 6. The zero-order valence-electron chi connectivity index (χ0n) is 19.5. The third-order valence-electron chi connectivity index (χ3n) is 6.62. The molecule has 1 aliphatic heterocycles. The van der Waals surface area contributed by atoms with Gasteiger partial charge in [-0.3, -0.25) is 4.79 Å². The second-order valence-electron chi connectivity index (χ2n) is 8.60. The number of amides is 1. The molecule has 1 unspecified atom stereocenters. The monoisotopic (exact) mass is 431 g/mol. The number of nitrogens with zero attached hydrogens (tertiary/aromatic N) is 2. The fourth-order valence-electron chi connectivity index (χ4n) is 4.34. The first-order valence-electron chi connectivity index (χ1n) is 11.4. The van der Waals surface area contributed by atoms with Crippen LogP contribution in [-0.4, -0.2) is 50.6 Å². The van der Waals surface area contributed by atoms with Gasteiger partial charge in [0.25, 0.3) is 0 Å². The summed E-state index contributed by atoms with van der Waals surface area (Å²) in [6, 6.07) is 18.5. The van der Waals surface area contributed by atoms with E-state index in [4.69, 9.17) is 4.74 Å². The van der Waals surface area contributed by atoms with E-state index in [1.54, 1.807) is 7.11 Å². The Labute approximate surface area is 191 Å². The van der Waals surface area contributed by atoms with Gasteiger partial charge in [-0.25, -0.2) is 0 Å². The topological polar surface area (TPSA) is 44.8 Å². The molecule has 0 spiro atoms. The lowest BCUT2D eigenvalue weighted by molar-refractivity contribution is -0.117. The molecular weight excluding hydrogens is 398 g/mol. The minimum atomic E-state index is -0.248. The number of likely N-dealkylation sites (N-methyl/N-ethyl adjacent to an activating group) is 1. The van der Waals surface area contributed by atoms with Crippen LogP contribution in [0.5, 0.6) is 5.75 Å². The van der Waals surface area contributed by atoms with Crippen LogP contribution in [0.1, 0.15) is 30.9 Å². The van der Waals surface area contributed by atoms with Crippen LogP contribution in [0, 0.1) is 6.92 Å². The average molecular weight is 432 g/mol. The van der Waals surface area contributed by atoms with E-state index in [2.05, 4.69) is 53.2 Å². The van der Waals surface area contributed by atoms with Gasteiger partial charge in [0.2, 0.25) is 5.91 Å². The molecule has 0 aliphatic carbocycles. The normalized spacial score (nSPS) is 15.6. The van der Waals surface area contributed by atoms with Crippen molar-refractivity contribution < 1.29 is 9.53 Å². The fraction of sp³-hybridized carbons (Fsp3) is 0.370. The number of benzene rings is 3. The molecule has 5 nitrogen and oxygen atoms in total. The van der Waals surface area contributed by atoms with Crippen molar-refractivity contribution >= 4 is 28.1 Å². The molecule has 3 aromatic rings. The summed E-state index contributed by atoms with van der Waals surface area (Å²) in [6.45, 7) is 11.6. The Balaban J connectivity index is 1.44. The number of hydrogen-bond donors (Lipinski definition) is 1. The third kappa shape index (κ3) is 4.73. The number of methoxy groups -OCH3 is 1. The number of piperazine rings is 1. The molecule has 1 N–H and O–H groups in total. The van der Waals surface area contributed by atoms with Crippen molar-refractivity contribution in [1.29, 1.82) is 0 Å². The van der Waals surface area contributed by atoms with Crippen molar-refractivity contribution in [2.24, 2.45) is 0 Å². The van der Waals surface area contributed by atoms with E-state index < -0.39 is 0 Å². The summed E-state index contributed by atoms with van der Waals surface area (Å²) in [4.78, 5) is 17.9. The zero-order valence-corrected chi connectivity index (χ0v) is 19.5. The molecule has 0 saturated carbocycles. The number of nitrogens with one attached hydrogen (secondary N) is 1. The molecule has 5 heteroatoms. The van der Waals surface area contributed by atoms with Crippen LogP contribution in [-0.2, 0) is 4.79 Å². The lowest BCUT2D eigenvalue weighted by Gasteiger charge is -2.35. The van der Waals surface area contributed by atoms with E-state index in [-0.39, 0.29) is 11.8 Å². The maximum absolute atomic E-state index is 13.0. The van der Waals surface area contributed by atoms with E-state index in [1.165, 1.54) is 5.69 Å². The molecule has 1 aliphatic rings. The van der Waals surface area contributed by atoms with Crippen molar-refractivity contribution in [2.45, 2.75) is 26.7 Å². The van der Waals surface area contributed by atoms with E-state index in [0.717, 1.165) is 66.1 Å². The van der Waals surface area contributed by atoms with E-state index in [0.29, 0.717) is 0 Å². The van der Waals surface area contributed by atoms with Crippen molar-refractivity contribution in [3.05, 3.63) is 65.7 Å². The maximum atomic E-state index is 13.0. The highest BCUT2D eigenvalue weighted by Gasteiger charge is 2.19. The molecule has 4 rings (SSSR count). The molecule has 32 heavy (non-hydrogen) atoms. The maximum Gasteiger partial charge on any atom is 0.231 e. The van der Waals surface area contributed by atoms with Gasteiger partial charge in [0.15, 0.2) is 0 Å². The first kappa shape index (κ1) is 22.2. The van der Waals surface area contributed by atoms with Gasteiger partial charge in [0.05, 0.1) is 13.0 Å². The Morgan fingerprint density at radius 3 is 2.41 bits per heavy atom. The smallest absolute Gasteiger partial charge is 0.231 e. The summed E-state index contributed by atoms with van der Waals surface area (Å²) in [5, 5.41) is 5.34. The molecule has 1 atom stereocenters. The summed E-state index contributed by atoms with van der Waals surface area (Å²) in [5.41, 5.74) is 4.20. The van der Waals surface area contributed by atoms with Crippen molar-refractivity contribution in [3.63, 3.8) is 0 Å². The Morgan fingerprint density at radius 2 is 1.72 bits per heavy atom. The van der Waals surface area contributed by atoms with Gasteiger partial charge in [-0.15, -0.1) is 0 Å². The third-order valence-corrected chi connectivity index (χ3v) is 6.62. The van der Waals surface area contributed by atoms with Crippen molar-refractivity contribution in [3.8, 4) is 5.75 Å². The van der Waals surface area contributed by atoms with Crippen LogP contribution in [0.2, 0.25) is 0 Å². The first-order chi connectivity index (χ1) is 15.5. The summed E-state index contributed by atoms with van der Waals surface area (Å²) < 4.78 is 5.30. The number of fused-ring (bicyclic) bond motifs is 1. The summed E-state index contributed by atoms with van der Waals surface area (Å²) in [7, 11) is 1.67. The zero-order chi connectivity index (χ0) is 22.7. The number of ether oxygens (including phenoxy) is 1. The van der Waals surface area contributed by atoms with E-state index in [9.17, 15) is 4.79 Å². The van der Waals surface area contributed by atoms with Crippen LogP contribution >= 0.6 is 0 Å². The molecule has 1 fully saturated rings. The van der Waals surface area contributed by atoms with E-state index in [1.807, 2.05) is 37.3 Å². The molecule has 1 saturated heterocycles. The number of carbonyl (C=O) groups is 1. The van der Waals surface area contributed by atoms with Crippen molar-refractivity contribution in [2.75, 3.05) is 50.1 Å². The quantitative estimate of drug-likeness (QED) is 0.594. The van der Waals surface area contributed by atoms with Gasteiger partial charge in [-0.2, -0.15) is 0 Å². The SMILES string of the molecule is CCN1CCN(c2ccc(NC(=O)C(C)c3ccc4cc(OC)ccc4c3)c(C)c2)CC1. The summed E-state index contributed by atoms with van der Waals surface area (Å²) in [6.07, 6.45) is 0. The lowest BCUT2D eigenvalue weighted by atomic mass is 9.96. The number of anilines is 2. The van der Waals surface area contributed by atoms with Gasteiger partial charge in [-0.1, -0.05) is 31.2 Å². The highest BCUT2D eigenvalue weighted by Crippen LogP contribution is 2.28. The fourth-order valence-corrected chi connectivity index (χ4v) is 4.34. The Kier molecular flexibility index (Phi) is 6.66. The van der Waals surface area contributed by atoms with Crippen LogP contribution in [0.3, 0.4) is 0 Å². The van der Waals surface area contributed by atoms with Crippen LogP contribution < -0.4 is 15.0 Å².